The lowest BCUT2D eigenvalue weighted by atomic mass is 9.82. The molecular formula is C14H27NO2. The van der Waals surface area contributed by atoms with Gasteiger partial charge in [0.15, 0.2) is 0 Å². The third-order valence-electron chi connectivity index (χ3n) is 4.36. The van der Waals surface area contributed by atoms with E-state index in [0.717, 1.165) is 44.2 Å². The van der Waals surface area contributed by atoms with Crippen LogP contribution in [-0.2, 0) is 9.47 Å². The zero-order chi connectivity index (χ0) is 12.1. The summed E-state index contributed by atoms with van der Waals surface area (Å²) in [6.07, 6.45) is 5.27. The molecule has 0 aromatic rings. The van der Waals surface area contributed by atoms with E-state index < -0.39 is 0 Å². The highest BCUT2D eigenvalue weighted by Crippen LogP contribution is 2.31. The summed E-state index contributed by atoms with van der Waals surface area (Å²) in [6, 6.07) is 0.783. The first-order valence-electron chi connectivity index (χ1n) is 7.12. The average molecular weight is 241 g/mol. The molecule has 100 valence electrons. The van der Waals surface area contributed by atoms with Gasteiger partial charge >= 0.3 is 0 Å². The van der Waals surface area contributed by atoms with E-state index in [4.69, 9.17) is 9.47 Å². The van der Waals surface area contributed by atoms with Crippen molar-refractivity contribution in [2.75, 3.05) is 40.0 Å². The van der Waals surface area contributed by atoms with E-state index in [1.165, 1.54) is 32.2 Å². The monoisotopic (exact) mass is 241 g/mol. The van der Waals surface area contributed by atoms with Crippen molar-refractivity contribution in [3.05, 3.63) is 0 Å². The predicted molar refractivity (Wildman–Crippen MR) is 69.2 cm³/mol. The topological polar surface area (TPSA) is 21.7 Å². The fourth-order valence-corrected chi connectivity index (χ4v) is 3.36. The molecule has 2 heterocycles. The summed E-state index contributed by atoms with van der Waals surface area (Å²) in [6.45, 7) is 7.53. The summed E-state index contributed by atoms with van der Waals surface area (Å²) in [5.74, 6) is 1.70. The van der Waals surface area contributed by atoms with Gasteiger partial charge in [0.2, 0.25) is 0 Å². The van der Waals surface area contributed by atoms with E-state index in [1.807, 2.05) is 0 Å². The molecule has 0 aromatic heterocycles. The molecule has 17 heavy (non-hydrogen) atoms. The standard InChI is InChI=1S/C14H27NO2/c1-12-3-4-14(13-5-8-17-9-6-13)15(11-12)7-10-16-2/h12-14H,3-11H2,1-2H3. The largest absolute Gasteiger partial charge is 0.383 e. The van der Waals surface area contributed by atoms with Crippen molar-refractivity contribution >= 4 is 0 Å². The summed E-state index contributed by atoms with van der Waals surface area (Å²) in [7, 11) is 1.80. The van der Waals surface area contributed by atoms with E-state index in [0.29, 0.717) is 0 Å². The highest BCUT2D eigenvalue weighted by molar-refractivity contribution is 4.86. The van der Waals surface area contributed by atoms with Crippen LogP contribution in [0.25, 0.3) is 0 Å². The van der Waals surface area contributed by atoms with Gasteiger partial charge in [0.25, 0.3) is 0 Å². The first kappa shape index (κ1) is 13.3. The summed E-state index contributed by atoms with van der Waals surface area (Å²) in [4.78, 5) is 2.67. The normalized spacial score (nSPS) is 32.8. The van der Waals surface area contributed by atoms with Gasteiger partial charge in [-0.05, 0) is 37.5 Å². The van der Waals surface area contributed by atoms with Crippen LogP contribution in [-0.4, -0.2) is 51.0 Å². The molecule has 3 heteroatoms. The number of hydrogen-bond donors (Lipinski definition) is 0. The Kier molecular flexibility index (Phi) is 5.26. The van der Waals surface area contributed by atoms with Crippen molar-refractivity contribution in [3.63, 3.8) is 0 Å². The molecule has 0 aromatic carbocycles. The molecule has 2 aliphatic heterocycles. The van der Waals surface area contributed by atoms with E-state index in [-0.39, 0.29) is 0 Å². The summed E-state index contributed by atoms with van der Waals surface area (Å²) < 4.78 is 10.7. The van der Waals surface area contributed by atoms with Gasteiger partial charge in [-0.15, -0.1) is 0 Å². The minimum atomic E-state index is 0.783. The quantitative estimate of drug-likeness (QED) is 0.753. The van der Waals surface area contributed by atoms with Crippen molar-refractivity contribution < 1.29 is 9.47 Å². The summed E-state index contributed by atoms with van der Waals surface area (Å²) in [5.41, 5.74) is 0. The van der Waals surface area contributed by atoms with Gasteiger partial charge < -0.3 is 9.47 Å². The van der Waals surface area contributed by atoms with E-state index in [1.54, 1.807) is 7.11 Å². The number of piperidine rings is 1. The Balaban J connectivity index is 1.91. The zero-order valence-electron chi connectivity index (χ0n) is 11.4. The zero-order valence-corrected chi connectivity index (χ0v) is 11.4. The number of methoxy groups -OCH3 is 1. The summed E-state index contributed by atoms with van der Waals surface area (Å²) >= 11 is 0. The molecule has 0 spiro atoms. The molecular weight excluding hydrogens is 214 g/mol. The fraction of sp³-hybridized carbons (Fsp3) is 1.00. The van der Waals surface area contributed by atoms with Crippen molar-refractivity contribution in [2.45, 2.75) is 38.6 Å². The van der Waals surface area contributed by atoms with Crippen LogP contribution < -0.4 is 0 Å². The Hall–Kier alpha value is -0.120. The molecule has 2 fully saturated rings. The average Bonchev–Trinajstić information content (AvgIpc) is 2.37. The molecule has 0 bridgehead atoms. The fourth-order valence-electron chi connectivity index (χ4n) is 3.36. The molecule has 3 nitrogen and oxygen atoms in total. The number of nitrogens with zero attached hydrogens (tertiary/aromatic N) is 1. The lowest BCUT2D eigenvalue weighted by molar-refractivity contribution is -0.00414. The number of rotatable bonds is 4. The molecule has 2 saturated heterocycles. The van der Waals surface area contributed by atoms with Gasteiger partial charge in [-0.2, -0.15) is 0 Å². The summed E-state index contributed by atoms with van der Waals surface area (Å²) in [5, 5.41) is 0. The van der Waals surface area contributed by atoms with Crippen LogP contribution in [0.4, 0.5) is 0 Å². The van der Waals surface area contributed by atoms with Crippen LogP contribution in [0.3, 0.4) is 0 Å². The lowest BCUT2D eigenvalue weighted by Gasteiger charge is -2.43. The molecule has 0 radical (unpaired) electrons. The number of ether oxygens (including phenoxy) is 2. The van der Waals surface area contributed by atoms with Gasteiger partial charge in [0, 0.05) is 39.5 Å². The second-order valence-electron chi connectivity index (χ2n) is 5.69. The Bertz CT molecular complexity index is 216. The van der Waals surface area contributed by atoms with Crippen LogP contribution in [0, 0.1) is 11.8 Å². The first-order chi connectivity index (χ1) is 8.31. The van der Waals surface area contributed by atoms with Crippen LogP contribution in [0.15, 0.2) is 0 Å². The Labute approximate surface area is 105 Å². The highest BCUT2D eigenvalue weighted by atomic mass is 16.5. The Morgan fingerprint density at radius 2 is 1.94 bits per heavy atom. The van der Waals surface area contributed by atoms with Crippen molar-refractivity contribution in [1.29, 1.82) is 0 Å². The maximum Gasteiger partial charge on any atom is 0.0589 e. The van der Waals surface area contributed by atoms with Crippen LogP contribution in [0.2, 0.25) is 0 Å². The molecule has 2 atom stereocenters. The van der Waals surface area contributed by atoms with E-state index in [9.17, 15) is 0 Å². The minimum absolute atomic E-state index is 0.783. The second kappa shape index (κ2) is 6.72. The molecule has 2 aliphatic rings. The Morgan fingerprint density at radius 1 is 1.18 bits per heavy atom. The minimum Gasteiger partial charge on any atom is -0.383 e. The van der Waals surface area contributed by atoms with Crippen LogP contribution >= 0.6 is 0 Å². The van der Waals surface area contributed by atoms with Crippen molar-refractivity contribution in [3.8, 4) is 0 Å². The molecule has 0 N–H and O–H groups in total. The molecule has 2 rings (SSSR count). The SMILES string of the molecule is COCCN1CC(C)CCC1C1CCOCC1. The van der Waals surface area contributed by atoms with Gasteiger partial charge in [-0.3, -0.25) is 4.90 Å². The predicted octanol–water partition coefficient (Wildman–Crippen LogP) is 2.16. The van der Waals surface area contributed by atoms with Crippen molar-refractivity contribution in [1.82, 2.24) is 4.90 Å². The maximum absolute atomic E-state index is 5.48. The first-order valence-corrected chi connectivity index (χ1v) is 7.12. The third-order valence-corrected chi connectivity index (χ3v) is 4.36. The van der Waals surface area contributed by atoms with Crippen LogP contribution in [0.1, 0.15) is 32.6 Å². The van der Waals surface area contributed by atoms with E-state index >= 15 is 0 Å². The second-order valence-corrected chi connectivity index (χ2v) is 5.69. The molecule has 0 amide bonds. The molecule has 0 aliphatic carbocycles. The molecule has 2 unspecified atom stereocenters. The number of likely N-dealkylation sites (tertiary alicyclic amines) is 1. The lowest BCUT2D eigenvalue weighted by Crippen LogP contribution is -2.49. The molecule has 0 saturated carbocycles. The Morgan fingerprint density at radius 3 is 2.65 bits per heavy atom. The van der Waals surface area contributed by atoms with Gasteiger partial charge in [0.1, 0.15) is 0 Å². The van der Waals surface area contributed by atoms with Gasteiger partial charge in [-0.25, -0.2) is 0 Å². The van der Waals surface area contributed by atoms with Crippen molar-refractivity contribution in [2.24, 2.45) is 11.8 Å². The van der Waals surface area contributed by atoms with Gasteiger partial charge in [-0.1, -0.05) is 6.92 Å². The van der Waals surface area contributed by atoms with Crippen LogP contribution in [0.5, 0.6) is 0 Å². The maximum atomic E-state index is 5.48. The smallest absolute Gasteiger partial charge is 0.0589 e. The van der Waals surface area contributed by atoms with E-state index in [2.05, 4.69) is 11.8 Å². The third kappa shape index (κ3) is 3.67. The number of hydrogen-bond acceptors (Lipinski definition) is 3. The highest BCUT2D eigenvalue weighted by Gasteiger charge is 2.32. The van der Waals surface area contributed by atoms with Gasteiger partial charge in [0.05, 0.1) is 6.61 Å².